The van der Waals surface area contributed by atoms with Gasteiger partial charge in [-0.2, -0.15) is 0 Å². The summed E-state index contributed by atoms with van der Waals surface area (Å²) >= 11 is 0. The van der Waals surface area contributed by atoms with Crippen molar-refractivity contribution in [3.05, 3.63) is 166 Å². The molecule has 5 aromatic carbocycles. The van der Waals surface area contributed by atoms with Crippen LogP contribution < -0.4 is 5.32 Å². The molecule has 0 radical (unpaired) electrons. The molecule has 12 nitrogen and oxygen atoms in total. The minimum atomic E-state index is -1.30. The molecule has 1 atom stereocenters. The normalized spacial score (nSPS) is 14.2. The molecule has 288 valence electrons. The summed E-state index contributed by atoms with van der Waals surface area (Å²) in [7, 11) is 0. The van der Waals surface area contributed by atoms with Gasteiger partial charge in [0.2, 0.25) is 5.91 Å². The smallest absolute Gasteiger partial charge is 0.338 e. The van der Waals surface area contributed by atoms with Crippen LogP contribution in [-0.2, 0) is 40.3 Å². The predicted octanol–water partition coefficient (Wildman–Crippen LogP) is 7.39. The van der Waals surface area contributed by atoms with Crippen molar-refractivity contribution in [2.75, 3.05) is 11.9 Å². The summed E-state index contributed by atoms with van der Waals surface area (Å²) < 4.78 is 11.2. The van der Waals surface area contributed by atoms with Gasteiger partial charge in [-0.1, -0.05) is 91.3 Å². The summed E-state index contributed by atoms with van der Waals surface area (Å²) in [5.41, 5.74) is 4.05. The first-order valence-corrected chi connectivity index (χ1v) is 18.7. The number of nitrogens with zero attached hydrogens (tertiary/aromatic N) is 2. The number of carboxylic acids is 1. The van der Waals surface area contributed by atoms with Gasteiger partial charge in [-0.25, -0.2) is 19.4 Å². The van der Waals surface area contributed by atoms with Gasteiger partial charge in [0.15, 0.2) is 0 Å². The highest BCUT2D eigenvalue weighted by Gasteiger charge is 2.34. The van der Waals surface area contributed by atoms with Crippen LogP contribution in [0.5, 0.6) is 0 Å². The largest absolute Gasteiger partial charge is 0.478 e. The van der Waals surface area contributed by atoms with E-state index >= 15 is 0 Å². The van der Waals surface area contributed by atoms with Crippen molar-refractivity contribution in [2.45, 2.75) is 51.4 Å². The van der Waals surface area contributed by atoms with Crippen LogP contribution in [0.2, 0.25) is 0 Å². The highest BCUT2D eigenvalue weighted by molar-refractivity contribution is 6.09. The summed E-state index contributed by atoms with van der Waals surface area (Å²) in [6.07, 6.45) is 4.51. The van der Waals surface area contributed by atoms with Gasteiger partial charge in [0.05, 0.1) is 39.6 Å². The first-order chi connectivity index (χ1) is 27.7. The lowest BCUT2D eigenvalue weighted by Gasteiger charge is -2.33. The van der Waals surface area contributed by atoms with Gasteiger partial charge in [-0.3, -0.25) is 9.59 Å². The van der Waals surface area contributed by atoms with Gasteiger partial charge >= 0.3 is 17.9 Å². The topological polar surface area (TPSA) is 168 Å². The molecular weight excluding hydrogens is 725 g/mol. The summed E-state index contributed by atoms with van der Waals surface area (Å²) in [4.78, 5) is 77.3. The predicted molar refractivity (Wildman–Crippen MR) is 212 cm³/mol. The molecule has 2 amide bonds. The molecule has 0 aliphatic carbocycles. The number of hydrogen-bond donors (Lipinski definition) is 3. The fourth-order valence-corrected chi connectivity index (χ4v) is 6.99. The maximum Gasteiger partial charge on any atom is 0.338 e. The van der Waals surface area contributed by atoms with Crippen molar-refractivity contribution < 1.29 is 38.6 Å². The summed E-state index contributed by atoms with van der Waals surface area (Å²) in [6.45, 7) is 0.121. The monoisotopic (exact) mass is 764 g/mol. The lowest BCUT2D eigenvalue weighted by molar-refractivity contribution is -0.120. The number of carboxylic acid groups (broad SMARTS) is 1. The molecule has 7 rings (SSSR count). The van der Waals surface area contributed by atoms with E-state index in [0.717, 1.165) is 41.5 Å². The highest BCUT2D eigenvalue weighted by Crippen LogP contribution is 2.26. The number of aromatic amines is 1. The molecule has 1 unspecified atom stereocenters. The number of carbonyl (C=O) groups excluding carboxylic acids is 4. The third-order valence-electron chi connectivity index (χ3n) is 9.93. The maximum absolute atomic E-state index is 14.7. The van der Waals surface area contributed by atoms with Crippen molar-refractivity contribution >= 4 is 46.4 Å². The van der Waals surface area contributed by atoms with Gasteiger partial charge in [-0.05, 0) is 71.8 Å². The molecule has 2 heterocycles. The number of amides is 2. The van der Waals surface area contributed by atoms with Crippen LogP contribution in [-0.4, -0.2) is 62.3 Å². The third kappa shape index (κ3) is 9.25. The summed E-state index contributed by atoms with van der Waals surface area (Å²) in [5, 5.41) is 13.1. The molecular formula is C45H40N4O8. The van der Waals surface area contributed by atoms with E-state index in [0.29, 0.717) is 17.5 Å². The molecule has 6 aromatic rings. The summed E-state index contributed by atoms with van der Waals surface area (Å²) in [6, 6.07) is 31.8. The molecule has 3 N–H and O–H groups in total. The second kappa shape index (κ2) is 17.6. The Labute approximate surface area is 328 Å². The van der Waals surface area contributed by atoms with Crippen LogP contribution in [0.3, 0.4) is 0 Å². The van der Waals surface area contributed by atoms with Crippen LogP contribution in [0.25, 0.3) is 11.0 Å². The third-order valence-corrected chi connectivity index (χ3v) is 9.93. The van der Waals surface area contributed by atoms with Crippen LogP contribution >= 0.6 is 0 Å². The van der Waals surface area contributed by atoms with Crippen LogP contribution in [0.15, 0.2) is 122 Å². The number of aryl methyl sites for hydroxylation is 1. The fraction of sp³-hybridized carbons (Fsp3) is 0.200. The molecule has 1 aliphatic rings. The lowest BCUT2D eigenvalue weighted by atomic mass is 9.93. The van der Waals surface area contributed by atoms with E-state index in [1.54, 1.807) is 0 Å². The van der Waals surface area contributed by atoms with Gasteiger partial charge in [-0.15, -0.1) is 0 Å². The van der Waals surface area contributed by atoms with E-state index in [-0.39, 0.29) is 54.1 Å². The number of aromatic carboxylic acids is 1. The number of rotatable bonds is 10. The number of carbonyl (C=O) groups is 5. The molecule has 0 spiro atoms. The van der Waals surface area contributed by atoms with Crippen molar-refractivity contribution in [3.63, 3.8) is 0 Å². The molecule has 0 saturated carbocycles. The molecule has 57 heavy (non-hydrogen) atoms. The Morgan fingerprint density at radius 1 is 0.719 bits per heavy atom. The first-order valence-electron chi connectivity index (χ1n) is 18.7. The van der Waals surface area contributed by atoms with Crippen molar-refractivity contribution in [2.24, 2.45) is 0 Å². The number of fused-ring (bicyclic) bond motifs is 2. The van der Waals surface area contributed by atoms with E-state index in [9.17, 15) is 29.1 Å². The highest BCUT2D eigenvalue weighted by atomic mass is 16.5. The number of esters is 2. The zero-order chi connectivity index (χ0) is 39.7. The number of hydrogen-bond acceptors (Lipinski definition) is 8. The van der Waals surface area contributed by atoms with E-state index in [1.807, 2.05) is 84.9 Å². The number of aromatic nitrogens is 2. The Bertz CT molecular complexity index is 2360. The zero-order valence-corrected chi connectivity index (χ0v) is 31.0. The zero-order valence-electron chi connectivity index (χ0n) is 31.0. The molecule has 12 heteroatoms. The van der Waals surface area contributed by atoms with Crippen LogP contribution in [0.4, 0.5) is 5.69 Å². The van der Waals surface area contributed by atoms with Gasteiger partial charge in [0, 0.05) is 18.7 Å². The van der Waals surface area contributed by atoms with Gasteiger partial charge in [0.1, 0.15) is 19.3 Å². The van der Waals surface area contributed by atoms with Crippen molar-refractivity contribution in [1.82, 2.24) is 14.9 Å². The molecule has 0 fully saturated rings. The second-order valence-corrected chi connectivity index (χ2v) is 13.8. The van der Waals surface area contributed by atoms with Gasteiger partial charge < -0.3 is 29.8 Å². The number of benzene rings is 5. The van der Waals surface area contributed by atoms with Crippen molar-refractivity contribution in [3.8, 4) is 0 Å². The van der Waals surface area contributed by atoms with E-state index in [1.165, 1.54) is 41.6 Å². The quantitative estimate of drug-likeness (QED) is 0.121. The molecule has 1 aliphatic heterocycles. The van der Waals surface area contributed by atoms with Crippen LogP contribution in [0, 0.1) is 0 Å². The maximum atomic E-state index is 14.7. The number of anilines is 1. The van der Waals surface area contributed by atoms with E-state index in [4.69, 9.17) is 9.47 Å². The SMILES string of the molecule is O=C(OCc1ccccc1)c1cc(NC(=O)C2Cc3ccccc3CCCCCN2C(=O)c2cc3nc[nH]c3cc2C(=O)O)cc(C(=O)OCc2ccccc2)c1. The standard InChI is InChI=1S/C45H40N4O8/c50-41(48-35-21-33(44(54)56-26-29-12-4-1-5-13-29)20-34(22-35)45(55)57-27-30-14-6-2-7-15-30)40-23-32-18-10-9-17-31(32)16-8-3-11-19-49(40)42(51)36-24-38-39(47-28-46-38)25-37(36)43(52)53/h1-2,4-7,9-10,12-15,17-18,20-22,24-25,28,40H,3,8,11,16,19,23,26-27H2,(H,46,47)(H,48,50)(H,52,53). The minimum absolute atomic E-state index is 0.00182. The average Bonchev–Trinajstić information content (AvgIpc) is 3.71. The Morgan fingerprint density at radius 2 is 1.33 bits per heavy atom. The second-order valence-electron chi connectivity index (χ2n) is 13.8. The Morgan fingerprint density at radius 3 is 1.96 bits per heavy atom. The number of H-pyrrole nitrogens is 1. The number of ether oxygens (including phenoxy) is 2. The fourth-order valence-electron chi connectivity index (χ4n) is 6.99. The first kappa shape index (κ1) is 38.2. The molecule has 0 saturated heterocycles. The van der Waals surface area contributed by atoms with Crippen molar-refractivity contribution in [1.29, 1.82) is 0 Å². The lowest BCUT2D eigenvalue weighted by Crippen LogP contribution is -2.49. The Hall–Kier alpha value is -7.08. The minimum Gasteiger partial charge on any atom is -0.478 e. The Balaban J connectivity index is 1.24. The average molecular weight is 765 g/mol. The Kier molecular flexibility index (Phi) is 11.8. The van der Waals surface area contributed by atoms with E-state index in [2.05, 4.69) is 15.3 Å². The molecule has 1 aromatic heterocycles. The molecule has 0 bridgehead atoms. The van der Waals surface area contributed by atoms with Crippen LogP contribution in [0.1, 0.15) is 82.9 Å². The van der Waals surface area contributed by atoms with E-state index < -0.39 is 35.8 Å². The van der Waals surface area contributed by atoms with Gasteiger partial charge in [0.25, 0.3) is 5.91 Å². The number of nitrogens with one attached hydrogen (secondary N) is 2. The summed E-state index contributed by atoms with van der Waals surface area (Å²) in [5.74, 6) is -4.00. The number of imidazole rings is 1.